The highest BCUT2D eigenvalue weighted by Gasteiger charge is 2.29. The van der Waals surface area contributed by atoms with E-state index in [2.05, 4.69) is 31.2 Å². The Balaban J connectivity index is 1.48. The molecule has 4 rings (SSSR count). The normalized spacial score (nSPS) is 17.0. The molecule has 0 saturated heterocycles. The molecule has 0 radical (unpaired) electrons. The number of hydrogen-bond acceptors (Lipinski definition) is 4. The number of amides is 2. The molecule has 2 aromatic rings. The Labute approximate surface area is 184 Å². The molecule has 2 aliphatic carbocycles. The molecule has 6 nitrogen and oxygen atoms in total. The summed E-state index contributed by atoms with van der Waals surface area (Å²) >= 11 is 0. The number of carbonyl (C=O) groups excluding carboxylic acids is 2. The zero-order valence-corrected chi connectivity index (χ0v) is 18.8. The van der Waals surface area contributed by atoms with Crippen molar-refractivity contribution in [1.29, 1.82) is 0 Å². The smallest absolute Gasteiger partial charge is 0.273 e. The van der Waals surface area contributed by atoms with E-state index in [1.54, 1.807) is 6.07 Å². The molecule has 0 atom stereocenters. The van der Waals surface area contributed by atoms with Crippen LogP contribution in [0.1, 0.15) is 91.5 Å². The van der Waals surface area contributed by atoms with Gasteiger partial charge in [0.05, 0.1) is 6.54 Å². The molecule has 1 heterocycles. The number of aromatic nitrogens is 1. The summed E-state index contributed by atoms with van der Waals surface area (Å²) in [5, 5.41) is 6.85. The minimum absolute atomic E-state index is 0.00324. The van der Waals surface area contributed by atoms with Gasteiger partial charge in [0, 0.05) is 24.2 Å². The summed E-state index contributed by atoms with van der Waals surface area (Å²) in [4.78, 5) is 27.6. The zero-order valence-electron chi connectivity index (χ0n) is 18.8. The summed E-state index contributed by atoms with van der Waals surface area (Å²) in [6.45, 7) is 7.51. The number of carbonyl (C=O) groups is 2. The van der Waals surface area contributed by atoms with Gasteiger partial charge in [-0.3, -0.25) is 9.59 Å². The van der Waals surface area contributed by atoms with E-state index in [4.69, 9.17) is 4.52 Å². The monoisotopic (exact) mass is 423 g/mol. The summed E-state index contributed by atoms with van der Waals surface area (Å²) < 4.78 is 5.44. The number of nitrogens with zero attached hydrogens (tertiary/aromatic N) is 2. The maximum Gasteiger partial charge on any atom is 0.273 e. The standard InChI is InChI=1S/C25H33N3O3/c1-25(2,3)19-12-10-18(11-13-19)24(30)28(20-6-4-5-7-20)16-21-14-22(27-31-21)23(29)26-15-17-8-9-17/h10-14,17,20H,4-9,15-16H2,1-3H3,(H,26,29). The van der Waals surface area contributed by atoms with Crippen LogP contribution in [0.15, 0.2) is 34.9 Å². The van der Waals surface area contributed by atoms with Gasteiger partial charge in [-0.1, -0.05) is 50.9 Å². The average molecular weight is 424 g/mol. The predicted molar refractivity (Wildman–Crippen MR) is 119 cm³/mol. The highest BCUT2D eigenvalue weighted by molar-refractivity contribution is 5.94. The largest absolute Gasteiger partial charge is 0.359 e. The lowest BCUT2D eigenvalue weighted by Gasteiger charge is -2.28. The first-order valence-corrected chi connectivity index (χ1v) is 11.5. The van der Waals surface area contributed by atoms with Gasteiger partial charge in [-0.15, -0.1) is 0 Å². The molecule has 6 heteroatoms. The van der Waals surface area contributed by atoms with Gasteiger partial charge in [-0.25, -0.2) is 0 Å². The number of rotatable bonds is 7. The summed E-state index contributed by atoms with van der Waals surface area (Å²) in [6, 6.07) is 9.77. The summed E-state index contributed by atoms with van der Waals surface area (Å²) in [5.41, 5.74) is 2.21. The lowest BCUT2D eigenvalue weighted by atomic mass is 9.86. The molecule has 2 amide bonds. The van der Waals surface area contributed by atoms with Gasteiger partial charge in [-0.05, 0) is 54.7 Å². The third-order valence-corrected chi connectivity index (χ3v) is 6.39. The number of benzene rings is 1. The quantitative estimate of drug-likeness (QED) is 0.701. The third kappa shape index (κ3) is 5.35. The molecule has 0 aliphatic heterocycles. The molecular formula is C25H33N3O3. The van der Waals surface area contributed by atoms with Crippen molar-refractivity contribution in [2.45, 2.75) is 77.3 Å². The molecule has 1 aromatic heterocycles. The second kappa shape index (κ2) is 8.85. The topological polar surface area (TPSA) is 75.4 Å². The Bertz CT molecular complexity index is 916. The van der Waals surface area contributed by atoms with Crippen LogP contribution in [0.2, 0.25) is 0 Å². The molecule has 2 saturated carbocycles. The van der Waals surface area contributed by atoms with Gasteiger partial charge >= 0.3 is 0 Å². The van der Waals surface area contributed by atoms with E-state index in [-0.39, 0.29) is 29.0 Å². The first-order chi connectivity index (χ1) is 14.8. The second-order valence-electron chi connectivity index (χ2n) is 10.0. The van der Waals surface area contributed by atoms with Gasteiger partial charge in [0.2, 0.25) is 0 Å². The van der Waals surface area contributed by atoms with Crippen LogP contribution in [0, 0.1) is 5.92 Å². The summed E-state index contributed by atoms with van der Waals surface area (Å²) in [6.07, 6.45) is 6.60. The van der Waals surface area contributed by atoms with Crippen molar-refractivity contribution in [2.75, 3.05) is 6.54 Å². The van der Waals surface area contributed by atoms with Crippen molar-refractivity contribution >= 4 is 11.8 Å². The molecule has 2 aliphatic rings. The fourth-order valence-electron chi connectivity index (χ4n) is 4.17. The molecule has 0 unspecified atom stereocenters. The Kier molecular flexibility index (Phi) is 6.17. The molecule has 31 heavy (non-hydrogen) atoms. The Morgan fingerprint density at radius 2 is 1.77 bits per heavy atom. The van der Waals surface area contributed by atoms with E-state index >= 15 is 0 Å². The van der Waals surface area contributed by atoms with Crippen molar-refractivity contribution in [3.8, 4) is 0 Å². The third-order valence-electron chi connectivity index (χ3n) is 6.39. The van der Waals surface area contributed by atoms with Crippen molar-refractivity contribution in [1.82, 2.24) is 15.4 Å². The highest BCUT2D eigenvalue weighted by Crippen LogP contribution is 2.29. The SMILES string of the molecule is CC(C)(C)c1ccc(C(=O)N(Cc2cc(C(=O)NCC3CC3)no2)C2CCCC2)cc1. The van der Waals surface area contributed by atoms with Crippen molar-refractivity contribution in [2.24, 2.45) is 5.92 Å². The van der Waals surface area contributed by atoms with E-state index < -0.39 is 0 Å². The Morgan fingerprint density at radius 1 is 1.10 bits per heavy atom. The molecule has 2 fully saturated rings. The van der Waals surface area contributed by atoms with Crippen LogP contribution in [0.25, 0.3) is 0 Å². The van der Waals surface area contributed by atoms with Crippen LogP contribution >= 0.6 is 0 Å². The Morgan fingerprint density at radius 3 is 2.39 bits per heavy atom. The Hall–Kier alpha value is -2.63. The maximum absolute atomic E-state index is 13.4. The van der Waals surface area contributed by atoms with Gasteiger partial charge in [-0.2, -0.15) is 0 Å². The number of nitrogens with one attached hydrogen (secondary N) is 1. The van der Waals surface area contributed by atoms with Crippen LogP contribution in [0.5, 0.6) is 0 Å². The minimum Gasteiger partial charge on any atom is -0.359 e. The molecule has 166 valence electrons. The first-order valence-electron chi connectivity index (χ1n) is 11.5. The van der Waals surface area contributed by atoms with Crippen LogP contribution in [0.4, 0.5) is 0 Å². The van der Waals surface area contributed by atoms with Gasteiger partial charge in [0.1, 0.15) is 0 Å². The average Bonchev–Trinajstić information content (AvgIpc) is 3.21. The van der Waals surface area contributed by atoms with Crippen LogP contribution in [-0.4, -0.2) is 34.5 Å². The molecule has 0 spiro atoms. The summed E-state index contributed by atoms with van der Waals surface area (Å²) in [5.74, 6) is 0.945. The lowest BCUT2D eigenvalue weighted by Crippen LogP contribution is -2.38. The predicted octanol–water partition coefficient (Wildman–Crippen LogP) is 4.70. The first kappa shape index (κ1) is 21.6. The van der Waals surface area contributed by atoms with E-state index in [0.29, 0.717) is 30.3 Å². The maximum atomic E-state index is 13.4. The lowest BCUT2D eigenvalue weighted by molar-refractivity contribution is 0.0643. The molecular weight excluding hydrogens is 390 g/mol. The van der Waals surface area contributed by atoms with Crippen molar-refractivity contribution in [3.63, 3.8) is 0 Å². The fourth-order valence-corrected chi connectivity index (χ4v) is 4.17. The van der Waals surface area contributed by atoms with E-state index in [1.165, 1.54) is 18.4 Å². The van der Waals surface area contributed by atoms with Gasteiger partial charge in [0.25, 0.3) is 11.8 Å². The number of hydrogen-bond donors (Lipinski definition) is 1. The summed E-state index contributed by atoms with van der Waals surface area (Å²) in [7, 11) is 0. The molecule has 1 aromatic carbocycles. The van der Waals surface area contributed by atoms with E-state index in [1.807, 2.05) is 29.2 Å². The van der Waals surface area contributed by atoms with Gasteiger partial charge in [0.15, 0.2) is 11.5 Å². The van der Waals surface area contributed by atoms with Crippen molar-refractivity contribution in [3.05, 3.63) is 52.9 Å². The molecule has 0 bridgehead atoms. The highest BCUT2D eigenvalue weighted by atomic mass is 16.5. The van der Waals surface area contributed by atoms with Gasteiger partial charge < -0.3 is 14.7 Å². The fraction of sp³-hybridized carbons (Fsp3) is 0.560. The van der Waals surface area contributed by atoms with Crippen LogP contribution in [0.3, 0.4) is 0 Å². The second-order valence-corrected chi connectivity index (χ2v) is 10.0. The van der Waals surface area contributed by atoms with Crippen LogP contribution < -0.4 is 5.32 Å². The zero-order chi connectivity index (χ0) is 22.0. The van der Waals surface area contributed by atoms with E-state index in [9.17, 15) is 9.59 Å². The van der Waals surface area contributed by atoms with Crippen LogP contribution in [-0.2, 0) is 12.0 Å². The van der Waals surface area contributed by atoms with E-state index in [0.717, 1.165) is 25.7 Å². The molecule has 1 N–H and O–H groups in total. The van der Waals surface area contributed by atoms with Crippen molar-refractivity contribution < 1.29 is 14.1 Å². The minimum atomic E-state index is -0.210.